The molecule has 1 N–H and O–H groups in total. The molecule has 0 amide bonds. The lowest BCUT2D eigenvalue weighted by molar-refractivity contribution is 0.0337. The van der Waals surface area contributed by atoms with Gasteiger partial charge in [0.1, 0.15) is 17.2 Å². The van der Waals surface area contributed by atoms with Gasteiger partial charge in [0.05, 0.1) is 39.7 Å². The quantitative estimate of drug-likeness (QED) is 0.315. The van der Waals surface area contributed by atoms with Gasteiger partial charge in [0.2, 0.25) is 0 Å². The van der Waals surface area contributed by atoms with Crippen LogP contribution in [0, 0.1) is 17.5 Å². The van der Waals surface area contributed by atoms with Crippen molar-refractivity contribution in [3.05, 3.63) is 71.3 Å². The number of ether oxygens (including phenoxy) is 3. The van der Waals surface area contributed by atoms with Gasteiger partial charge < -0.3 is 24.1 Å². The van der Waals surface area contributed by atoms with Crippen LogP contribution in [0.3, 0.4) is 0 Å². The van der Waals surface area contributed by atoms with Crippen LogP contribution in [0.25, 0.3) is 11.0 Å². The first-order valence-corrected chi connectivity index (χ1v) is 13.1. The molecule has 2 aliphatic rings. The topological polar surface area (TPSA) is 66.1 Å². The number of aromatic amines is 1. The Labute approximate surface area is 233 Å². The lowest BCUT2D eigenvalue weighted by Gasteiger charge is -2.40. The Bertz CT molecular complexity index is 1560. The fourth-order valence-electron chi connectivity index (χ4n) is 5.19. The molecule has 2 aromatic carbocycles. The minimum atomic E-state index is -0.922. The van der Waals surface area contributed by atoms with Crippen molar-refractivity contribution < 1.29 is 27.4 Å². The molecule has 12 heteroatoms. The summed E-state index contributed by atoms with van der Waals surface area (Å²) in [6.07, 6.45) is 1.66. The Hall–Kier alpha value is -3.87. The molecule has 2 aromatic heterocycles. The van der Waals surface area contributed by atoms with E-state index in [1.54, 1.807) is 23.2 Å². The van der Waals surface area contributed by atoms with Crippen LogP contribution in [0.5, 0.6) is 11.5 Å². The lowest BCUT2D eigenvalue weighted by Crippen LogP contribution is -2.45. The number of anilines is 3. The third-order valence-electron chi connectivity index (χ3n) is 7.14. The standard InChI is InChI=1S/C28H26F3N5O3S/c1-37-21-12-22(38-2)24(31)26(23(21)30)35-14-16-13-32-27-20(11-18(33-27)15-34-7-9-39-10-8-34)25(16)36(28(35)40)19-5-3-17(29)4-6-19/h3-6,11-13H,7-10,14-15H2,1-2H3,(H,32,33). The van der Waals surface area contributed by atoms with E-state index >= 15 is 8.78 Å². The summed E-state index contributed by atoms with van der Waals surface area (Å²) in [5, 5.41) is 0.881. The van der Waals surface area contributed by atoms with E-state index in [1.165, 1.54) is 31.3 Å². The van der Waals surface area contributed by atoms with Crippen LogP contribution >= 0.6 is 12.2 Å². The molecule has 0 radical (unpaired) electrons. The highest BCUT2D eigenvalue weighted by molar-refractivity contribution is 7.80. The van der Waals surface area contributed by atoms with Gasteiger partial charge in [0.25, 0.3) is 0 Å². The van der Waals surface area contributed by atoms with Crippen molar-refractivity contribution in [3.63, 3.8) is 0 Å². The van der Waals surface area contributed by atoms with Crippen LogP contribution in [-0.4, -0.2) is 60.5 Å². The molecule has 40 heavy (non-hydrogen) atoms. The highest BCUT2D eigenvalue weighted by Crippen LogP contribution is 2.45. The Morgan fingerprint density at radius 2 is 1.65 bits per heavy atom. The number of halogens is 3. The second-order valence-corrected chi connectivity index (χ2v) is 9.88. The number of aromatic nitrogens is 2. The molecule has 0 spiro atoms. The number of nitrogens with one attached hydrogen (secondary N) is 1. The van der Waals surface area contributed by atoms with Crippen molar-refractivity contribution >= 4 is 45.4 Å². The van der Waals surface area contributed by atoms with Gasteiger partial charge >= 0.3 is 0 Å². The average Bonchev–Trinajstić information content (AvgIpc) is 3.37. The number of thiocarbonyl (C=S) groups is 1. The number of hydrogen-bond donors (Lipinski definition) is 1. The molecule has 0 saturated carbocycles. The minimum Gasteiger partial charge on any atom is -0.493 e. The second-order valence-electron chi connectivity index (χ2n) is 9.52. The van der Waals surface area contributed by atoms with Gasteiger partial charge in [0, 0.05) is 54.2 Å². The maximum absolute atomic E-state index is 15.6. The molecule has 208 valence electrons. The van der Waals surface area contributed by atoms with Gasteiger partial charge in [-0.05, 0) is 42.5 Å². The lowest BCUT2D eigenvalue weighted by atomic mass is 10.1. The third-order valence-corrected chi connectivity index (χ3v) is 7.54. The zero-order valence-electron chi connectivity index (χ0n) is 21.8. The number of benzene rings is 2. The molecule has 0 aliphatic carbocycles. The molecule has 0 bridgehead atoms. The Morgan fingerprint density at radius 1 is 0.975 bits per heavy atom. The molecule has 6 rings (SSSR count). The summed E-state index contributed by atoms with van der Waals surface area (Å²) in [5.41, 5.74) is 3.09. The smallest absolute Gasteiger partial charge is 0.192 e. The summed E-state index contributed by atoms with van der Waals surface area (Å²) < 4.78 is 60.9. The summed E-state index contributed by atoms with van der Waals surface area (Å²) in [6.45, 7) is 3.72. The summed E-state index contributed by atoms with van der Waals surface area (Å²) in [5.74, 6) is -2.65. The zero-order valence-corrected chi connectivity index (χ0v) is 22.7. The Morgan fingerprint density at radius 3 is 2.30 bits per heavy atom. The summed E-state index contributed by atoms with van der Waals surface area (Å²) in [4.78, 5) is 13.3. The largest absolute Gasteiger partial charge is 0.493 e. The molecule has 0 atom stereocenters. The number of fused-ring (bicyclic) bond motifs is 3. The Balaban J connectivity index is 1.51. The van der Waals surface area contributed by atoms with Crippen LogP contribution < -0.4 is 19.3 Å². The highest BCUT2D eigenvalue weighted by atomic mass is 32.1. The molecule has 1 fully saturated rings. The first-order valence-electron chi connectivity index (χ1n) is 12.7. The molecular weight excluding hydrogens is 543 g/mol. The zero-order chi connectivity index (χ0) is 28.0. The fourth-order valence-corrected chi connectivity index (χ4v) is 5.54. The van der Waals surface area contributed by atoms with Crippen molar-refractivity contribution in [1.29, 1.82) is 0 Å². The SMILES string of the molecule is COc1cc(OC)c(F)c(N2Cc3cnc4[nH]c(CN5CCOCC5)cc4c3N(c3ccc(F)cc3)C2=S)c1F. The first kappa shape index (κ1) is 26.4. The van der Waals surface area contributed by atoms with E-state index in [0.717, 1.165) is 30.2 Å². The molecule has 4 aromatic rings. The average molecular weight is 570 g/mol. The number of morpholine rings is 1. The van der Waals surface area contributed by atoms with Crippen LogP contribution in [0.2, 0.25) is 0 Å². The summed E-state index contributed by atoms with van der Waals surface area (Å²) >= 11 is 5.89. The van der Waals surface area contributed by atoms with Gasteiger partial charge in [0.15, 0.2) is 28.2 Å². The normalized spacial score (nSPS) is 16.0. The van der Waals surface area contributed by atoms with Crippen molar-refractivity contribution in [2.24, 2.45) is 0 Å². The predicted molar refractivity (Wildman–Crippen MR) is 149 cm³/mol. The van der Waals surface area contributed by atoms with E-state index in [2.05, 4.69) is 14.9 Å². The molecule has 8 nitrogen and oxygen atoms in total. The number of nitrogens with zero attached hydrogens (tertiary/aromatic N) is 4. The van der Waals surface area contributed by atoms with E-state index in [4.69, 9.17) is 26.4 Å². The van der Waals surface area contributed by atoms with Gasteiger partial charge in [-0.15, -0.1) is 0 Å². The van der Waals surface area contributed by atoms with Crippen molar-refractivity contribution in [3.8, 4) is 11.5 Å². The predicted octanol–water partition coefficient (Wildman–Crippen LogP) is 5.27. The number of methoxy groups -OCH3 is 2. The summed E-state index contributed by atoms with van der Waals surface area (Å²) in [7, 11) is 2.57. The second kappa shape index (κ2) is 10.6. The van der Waals surface area contributed by atoms with E-state index in [-0.39, 0.29) is 23.2 Å². The summed E-state index contributed by atoms with van der Waals surface area (Å²) in [6, 6.07) is 8.93. The molecular formula is C28H26F3N5O3S. The maximum atomic E-state index is 15.6. The van der Waals surface area contributed by atoms with Gasteiger partial charge in [-0.3, -0.25) is 9.80 Å². The first-order chi connectivity index (χ1) is 19.4. The minimum absolute atomic E-state index is 0.0307. The Kier molecular flexibility index (Phi) is 6.99. The molecule has 0 unspecified atom stereocenters. The van der Waals surface area contributed by atoms with Crippen molar-refractivity contribution in [2.45, 2.75) is 13.1 Å². The van der Waals surface area contributed by atoms with E-state index in [9.17, 15) is 4.39 Å². The highest BCUT2D eigenvalue weighted by Gasteiger charge is 2.36. The van der Waals surface area contributed by atoms with Crippen molar-refractivity contribution in [2.75, 3.05) is 50.3 Å². The number of pyridine rings is 1. The van der Waals surface area contributed by atoms with Gasteiger partial charge in [-0.25, -0.2) is 18.2 Å². The molecule has 1 saturated heterocycles. The number of rotatable bonds is 6. The van der Waals surface area contributed by atoms with Gasteiger partial charge in [-0.2, -0.15) is 0 Å². The van der Waals surface area contributed by atoms with Crippen molar-refractivity contribution in [1.82, 2.24) is 14.9 Å². The van der Waals surface area contributed by atoms with Crippen LogP contribution in [0.4, 0.5) is 30.2 Å². The third kappa shape index (κ3) is 4.51. The molecule has 2 aliphatic heterocycles. The monoisotopic (exact) mass is 569 g/mol. The number of hydrogen-bond acceptors (Lipinski definition) is 6. The van der Waals surface area contributed by atoms with Crippen LogP contribution in [0.15, 0.2) is 42.6 Å². The van der Waals surface area contributed by atoms with E-state index in [0.29, 0.717) is 42.3 Å². The maximum Gasteiger partial charge on any atom is 0.192 e. The van der Waals surface area contributed by atoms with Crippen LogP contribution in [-0.2, 0) is 17.8 Å². The van der Waals surface area contributed by atoms with Crippen LogP contribution in [0.1, 0.15) is 11.3 Å². The van der Waals surface area contributed by atoms with E-state index in [1.807, 2.05) is 6.07 Å². The van der Waals surface area contributed by atoms with E-state index < -0.39 is 23.1 Å². The fraction of sp³-hybridized carbons (Fsp3) is 0.286. The molecule has 4 heterocycles. The number of H-pyrrole nitrogens is 1. The van der Waals surface area contributed by atoms with Gasteiger partial charge in [-0.1, -0.05) is 0 Å².